The molecule has 8 nitrogen and oxygen atoms in total. The van der Waals surface area contributed by atoms with Gasteiger partial charge in [0.1, 0.15) is 23.3 Å². The zero-order valence-electron chi connectivity index (χ0n) is 12.9. The number of nitrogens with one attached hydrogen (secondary N) is 3. The Morgan fingerprint density at radius 3 is 2.91 bits per heavy atom. The van der Waals surface area contributed by atoms with Gasteiger partial charge in [0.05, 0.1) is 0 Å². The Morgan fingerprint density at radius 1 is 1.43 bits per heavy atom. The number of carbonyl (C=O) groups is 1. The van der Waals surface area contributed by atoms with Crippen molar-refractivity contribution in [2.75, 3.05) is 17.2 Å². The van der Waals surface area contributed by atoms with E-state index < -0.39 is 0 Å². The Kier molecular flexibility index (Phi) is 3.93. The first-order valence-corrected chi connectivity index (χ1v) is 7.45. The molecule has 0 bridgehead atoms. The number of hydrogen-bond donors (Lipinski definition) is 3. The van der Waals surface area contributed by atoms with Crippen LogP contribution < -0.4 is 16.0 Å². The van der Waals surface area contributed by atoms with Gasteiger partial charge in [-0.15, -0.1) is 0 Å². The summed E-state index contributed by atoms with van der Waals surface area (Å²) in [5.74, 6) is 0.861. The van der Waals surface area contributed by atoms with E-state index in [-0.39, 0.29) is 18.0 Å². The largest absolute Gasteiger partial charge is 0.366 e. The van der Waals surface area contributed by atoms with Gasteiger partial charge in [-0.25, -0.2) is 15.0 Å². The third-order valence-corrected chi connectivity index (χ3v) is 3.46. The van der Waals surface area contributed by atoms with Gasteiger partial charge in [0.2, 0.25) is 11.9 Å². The minimum atomic E-state index is -0.319. The number of pyridine rings is 1. The maximum atomic E-state index is 11.6. The summed E-state index contributed by atoms with van der Waals surface area (Å²) in [5.41, 5.74) is 0.925. The predicted octanol–water partition coefficient (Wildman–Crippen LogP) is 1.02. The molecule has 23 heavy (non-hydrogen) atoms. The number of anilines is 2. The minimum Gasteiger partial charge on any atom is -0.366 e. The monoisotopic (exact) mass is 311 g/mol. The maximum absolute atomic E-state index is 11.6. The second-order valence-electron chi connectivity index (χ2n) is 5.68. The van der Waals surface area contributed by atoms with Gasteiger partial charge in [-0.05, 0) is 26.3 Å². The van der Waals surface area contributed by atoms with E-state index in [0.717, 1.165) is 5.39 Å². The van der Waals surface area contributed by atoms with Crippen LogP contribution in [0.5, 0.6) is 0 Å². The molecule has 0 radical (unpaired) electrons. The van der Waals surface area contributed by atoms with Crippen LogP contribution in [-0.2, 0) is 4.79 Å². The Hall–Kier alpha value is -2.95. The Bertz CT molecular complexity index is 796. The van der Waals surface area contributed by atoms with Crippen LogP contribution in [0.1, 0.15) is 26.0 Å². The van der Waals surface area contributed by atoms with Gasteiger partial charge in [-0.3, -0.25) is 4.79 Å². The molecular formula is C15H17N7O. The Balaban J connectivity index is 2.00. The molecule has 0 saturated carbocycles. The van der Waals surface area contributed by atoms with E-state index in [1.54, 1.807) is 12.3 Å². The number of fused-ring (bicyclic) bond motifs is 1. The molecule has 118 valence electrons. The van der Waals surface area contributed by atoms with Crippen LogP contribution in [0.25, 0.3) is 10.9 Å². The summed E-state index contributed by atoms with van der Waals surface area (Å²) in [6, 6.07) is 3.51. The first kappa shape index (κ1) is 15.0. The fourth-order valence-electron chi connectivity index (χ4n) is 2.43. The maximum Gasteiger partial charge on any atom is 0.242 e. The molecule has 2 aromatic heterocycles. The summed E-state index contributed by atoms with van der Waals surface area (Å²) in [6.07, 6.45) is 2.33. The van der Waals surface area contributed by atoms with Crippen LogP contribution >= 0.6 is 0 Å². The standard InChI is InChI=1S/C15H17N7O/c1-8(2)19-13-12-9(5-10(6-16)20-13)7-18-15(22-12)21-11-3-4-17-14(11)23/h5,7-8,11H,3-4H2,1-2H3,(H,17,23)(H,19,20)(H,18,21,22)/t11-/m1/s1. The van der Waals surface area contributed by atoms with E-state index in [2.05, 4.69) is 30.9 Å². The fourth-order valence-corrected chi connectivity index (χ4v) is 2.43. The summed E-state index contributed by atoms with van der Waals surface area (Å²) < 4.78 is 0. The van der Waals surface area contributed by atoms with E-state index in [9.17, 15) is 4.79 Å². The predicted molar refractivity (Wildman–Crippen MR) is 85.8 cm³/mol. The Morgan fingerprint density at radius 2 is 2.26 bits per heavy atom. The second kappa shape index (κ2) is 6.04. The summed E-state index contributed by atoms with van der Waals surface area (Å²) in [6.45, 7) is 4.61. The zero-order chi connectivity index (χ0) is 16.4. The van der Waals surface area contributed by atoms with Gasteiger partial charge in [0.15, 0.2) is 5.82 Å². The minimum absolute atomic E-state index is 0.0489. The quantitative estimate of drug-likeness (QED) is 0.772. The number of nitrogens with zero attached hydrogens (tertiary/aromatic N) is 4. The van der Waals surface area contributed by atoms with Gasteiger partial charge in [0.25, 0.3) is 0 Å². The highest BCUT2D eigenvalue weighted by Gasteiger charge is 2.24. The smallest absolute Gasteiger partial charge is 0.242 e. The van der Waals surface area contributed by atoms with Crippen LogP contribution in [0.2, 0.25) is 0 Å². The number of aromatic nitrogens is 3. The van der Waals surface area contributed by atoms with Crippen molar-refractivity contribution in [1.29, 1.82) is 5.26 Å². The van der Waals surface area contributed by atoms with Crippen molar-refractivity contribution in [2.45, 2.75) is 32.4 Å². The molecule has 3 rings (SSSR count). The lowest BCUT2D eigenvalue weighted by Crippen LogP contribution is -2.30. The van der Waals surface area contributed by atoms with Crippen molar-refractivity contribution in [3.63, 3.8) is 0 Å². The molecular weight excluding hydrogens is 294 g/mol. The molecule has 1 fully saturated rings. The van der Waals surface area contributed by atoms with Crippen LogP contribution in [0.4, 0.5) is 11.8 Å². The van der Waals surface area contributed by atoms with Crippen molar-refractivity contribution < 1.29 is 4.79 Å². The average molecular weight is 311 g/mol. The summed E-state index contributed by atoms with van der Waals surface area (Å²) in [5, 5.41) is 18.8. The first-order valence-electron chi connectivity index (χ1n) is 7.45. The van der Waals surface area contributed by atoms with Crippen molar-refractivity contribution in [2.24, 2.45) is 0 Å². The van der Waals surface area contributed by atoms with Crippen molar-refractivity contribution >= 4 is 28.6 Å². The highest BCUT2D eigenvalue weighted by Crippen LogP contribution is 2.22. The van der Waals surface area contributed by atoms with Gasteiger partial charge in [-0.2, -0.15) is 5.26 Å². The van der Waals surface area contributed by atoms with Gasteiger partial charge in [-0.1, -0.05) is 0 Å². The van der Waals surface area contributed by atoms with Gasteiger partial charge >= 0.3 is 0 Å². The number of hydrogen-bond acceptors (Lipinski definition) is 7. The van der Waals surface area contributed by atoms with Crippen LogP contribution in [0, 0.1) is 11.3 Å². The molecule has 1 saturated heterocycles. The molecule has 2 aromatic rings. The number of carbonyl (C=O) groups excluding carboxylic acids is 1. The molecule has 3 N–H and O–H groups in total. The lowest BCUT2D eigenvalue weighted by atomic mass is 10.2. The lowest BCUT2D eigenvalue weighted by molar-refractivity contribution is -0.119. The molecule has 0 aliphatic carbocycles. The highest BCUT2D eigenvalue weighted by atomic mass is 16.2. The summed E-state index contributed by atoms with van der Waals surface area (Å²) in [4.78, 5) is 24.6. The lowest BCUT2D eigenvalue weighted by Gasteiger charge is -2.13. The van der Waals surface area contributed by atoms with Crippen molar-refractivity contribution in [1.82, 2.24) is 20.3 Å². The average Bonchev–Trinajstić information content (AvgIpc) is 2.92. The SMILES string of the molecule is CC(C)Nc1nc(C#N)cc2cnc(N[C@@H]3CCNC3=O)nc12. The van der Waals surface area contributed by atoms with E-state index in [4.69, 9.17) is 5.26 Å². The van der Waals surface area contributed by atoms with Gasteiger partial charge < -0.3 is 16.0 Å². The number of amides is 1. The third kappa shape index (κ3) is 3.13. The first-order chi connectivity index (χ1) is 11.1. The van der Waals surface area contributed by atoms with E-state index in [0.29, 0.717) is 35.9 Å². The van der Waals surface area contributed by atoms with E-state index in [1.807, 2.05) is 19.9 Å². The normalized spacial score (nSPS) is 17.1. The molecule has 1 atom stereocenters. The second-order valence-corrected chi connectivity index (χ2v) is 5.68. The molecule has 1 aliphatic rings. The highest BCUT2D eigenvalue weighted by molar-refractivity contribution is 5.90. The molecule has 3 heterocycles. The van der Waals surface area contributed by atoms with Crippen molar-refractivity contribution in [3.8, 4) is 6.07 Å². The molecule has 1 aliphatic heterocycles. The Labute approximate surface area is 133 Å². The molecule has 8 heteroatoms. The molecule has 0 spiro atoms. The molecule has 0 unspecified atom stereocenters. The fraction of sp³-hybridized carbons (Fsp3) is 0.400. The van der Waals surface area contributed by atoms with E-state index in [1.165, 1.54) is 0 Å². The van der Waals surface area contributed by atoms with Crippen LogP contribution in [0.15, 0.2) is 12.3 Å². The number of nitriles is 1. The van der Waals surface area contributed by atoms with Crippen LogP contribution in [0.3, 0.4) is 0 Å². The van der Waals surface area contributed by atoms with Gasteiger partial charge in [0, 0.05) is 24.2 Å². The van der Waals surface area contributed by atoms with E-state index >= 15 is 0 Å². The zero-order valence-corrected chi connectivity index (χ0v) is 12.9. The third-order valence-electron chi connectivity index (χ3n) is 3.46. The van der Waals surface area contributed by atoms with Crippen molar-refractivity contribution in [3.05, 3.63) is 18.0 Å². The molecule has 1 amide bonds. The summed E-state index contributed by atoms with van der Waals surface area (Å²) >= 11 is 0. The van der Waals surface area contributed by atoms with Crippen LogP contribution in [-0.4, -0.2) is 39.5 Å². The number of rotatable bonds is 4. The molecule has 0 aromatic carbocycles. The topological polar surface area (TPSA) is 116 Å². The summed E-state index contributed by atoms with van der Waals surface area (Å²) in [7, 11) is 0.